The second-order valence-electron chi connectivity index (χ2n) is 5.03. The van der Waals surface area contributed by atoms with E-state index in [1.807, 2.05) is 0 Å². The van der Waals surface area contributed by atoms with Crippen molar-refractivity contribution in [3.63, 3.8) is 0 Å². The van der Waals surface area contributed by atoms with Crippen molar-refractivity contribution in [2.75, 3.05) is 13.2 Å². The highest BCUT2D eigenvalue weighted by Gasteiger charge is 2.40. The molecule has 2 aromatic rings. The molecule has 0 atom stereocenters. The molecule has 1 amide bonds. The number of hydrogen-bond donors (Lipinski definition) is 0. The molecule has 0 radical (unpaired) electrons. The maximum atomic E-state index is 12.4. The van der Waals surface area contributed by atoms with Gasteiger partial charge in [0, 0.05) is 4.47 Å². The minimum Gasteiger partial charge on any atom is -0.491 e. The normalized spacial score (nSPS) is 15.2. The predicted molar refractivity (Wildman–Crippen MR) is 89.7 cm³/mol. The molecule has 0 N–H and O–H groups in total. The topological polar surface area (TPSA) is 80.8 Å². The van der Waals surface area contributed by atoms with Crippen LogP contribution in [0.4, 0.5) is 0 Å². The van der Waals surface area contributed by atoms with Crippen molar-refractivity contribution >= 4 is 38.1 Å². The summed E-state index contributed by atoms with van der Waals surface area (Å²) in [6.07, 6.45) is 0.647. The van der Waals surface area contributed by atoms with Gasteiger partial charge in [-0.2, -0.15) is 0 Å². The van der Waals surface area contributed by atoms with E-state index >= 15 is 0 Å². The molecule has 2 aromatic carbocycles. The van der Waals surface area contributed by atoms with Gasteiger partial charge in [0.2, 0.25) is 0 Å². The van der Waals surface area contributed by atoms with E-state index < -0.39 is 15.9 Å². The van der Waals surface area contributed by atoms with Gasteiger partial charge < -0.3 is 4.74 Å². The Morgan fingerprint density at radius 1 is 1.17 bits per heavy atom. The third-order valence-corrected chi connectivity index (χ3v) is 5.90. The third kappa shape index (κ3) is 2.83. The Kier molecular flexibility index (Phi) is 4.42. The van der Waals surface area contributed by atoms with Crippen molar-refractivity contribution in [1.82, 2.24) is 4.31 Å². The third-order valence-electron chi connectivity index (χ3n) is 3.56. The molecule has 0 spiro atoms. The Balaban J connectivity index is 1.75. The second kappa shape index (κ2) is 6.37. The highest BCUT2D eigenvalue weighted by atomic mass is 79.9. The molecule has 0 aromatic heterocycles. The molecule has 0 aliphatic carbocycles. The fraction of sp³-hybridized carbons (Fsp3) is 0.125. The highest BCUT2D eigenvalue weighted by Crippen LogP contribution is 2.29. The molecule has 1 aliphatic heterocycles. The van der Waals surface area contributed by atoms with Crippen molar-refractivity contribution in [1.29, 1.82) is 0 Å². The van der Waals surface area contributed by atoms with Gasteiger partial charge >= 0.3 is 0 Å². The minimum atomic E-state index is -3.85. The first-order valence-corrected chi connectivity index (χ1v) is 9.22. The van der Waals surface area contributed by atoms with Gasteiger partial charge in [-0.15, -0.1) is 0 Å². The molecular weight excluding hydrogens is 398 g/mol. The Morgan fingerprint density at radius 2 is 1.92 bits per heavy atom. The van der Waals surface area contributed by atoms with E-state index in [0.29, 0.717) is 17.6 Å². The van der Waals surface area contributed by atoms with E-state index in [0.717, 1.165) is 8.78 Å². The number of rotatable bonds is 5. The number of carbonyl (C=O) groups is 2. The van der Waals surface area contributed by atoms with Crippen LogP contribution in [0.5, 0.6) is 5.75 Å². The molecule has 3 rings (SSSR count). The Bertz CT molecular complexity index is 926. The molecule has 0 bridgehead atoms. The summed E-state index contributed by atoms with van der Waals surface area (Å²) in [6, 6.07) is 11.0. The number of ether oxygens (including phenoxy) is 1. The van der Waals surface area contributed by atoms with Crippen molar-refractivity contribution < 1.29 is 22.7 Å². The molecule has 0 fully saturated rings. The van der Waals surface area contributed by atoms with Gasteiger partial charge in [-0.25, -0.2) is 12.7 Å². The maximum absolute atomic E-state index is 12.4. The summed E-state index contributed by atoms with van der Waals surface area (Å²) in [5.74, 6) is -0.240. The summed E-state index contributed by atoms with van der Waals surface area (Å²) in [5, 5.41) is 0. The van der Waals surface area contributed by atoms with Gasteiger partial charge in [-0.3, -0.25) is 9.59 Å². The van der Waals surface area contributed by atoms with E-state index in [9.17, 15) is 18.0 Å². The van der Waals surface area contributed by atoms with Crippen molar-refractivity contribution in [2.45, 2.75) is 4.90 Å². The minimum absolute atomic E-state index is 0.00669. The molecule has 124 valence electrons. The summed E-state index contributed by atoms with van der Waals surface area (Å²) in [6.45, 7) is -0.189. The van der Waals surface area contributed by atoms with E-state index in [1.165, 1.54) is 12.1 Å². The quantitative estimate of drug-likeness (QED) is 0.708. The number of fused-ring (bicyclic) bond motifs is 1. The molecule has 1 aliphatic rings. The number of hydrogen-bond acceptors (Lipinski definition) is 5. The Hall–Kier alpha value is -2.19. The fourth-order valence-corrected chi connectivity index (χ4v) is 4.37. The largest absolute Gasteiger partial charge is 0.491 e. The van der Waals surface area contributed by atoms with Gasteiger partial charge in [0.15, 0.2) is 6.29 Å². The van der Waals surface area contributed by atoms with E-state index in [2.05, 4.69) is 15.9 Å². The first-order valence-electron chi connectivity index (χ1n) is 6.99. The van der Waals surface area contributed by atoms with Crippen LogP contribution < -0.4 is 4.74 Å². The summed E-state index contributed by atoms with van der Waals surface area (Å²) < 4.78 is 31.8. The van der Waals surface area contributed by atoms with Crippen LogP contribution in [0, 0.1) is 0 Å². The van der Waals surface area contributed by atoms with Crippen molar-refractivity contribution in [3.05, 3.63) is 58.1 Å². The standard InChI is InChI=1S/C16H12BrNO5S/c17-12-5-6-14(11(9-12)10-19)23-8-7-18-16(20)13-3-1-2-4-15(13)24(18,21)22/h1-6,9-10H,7-8H2. The van der Waals surface area contributed by atoms with Crippen LogP contribution in [0.25, 0.3) is 0 Å². The van der Waals surface area contributed by atoms with Crippen LogP contribution in [0.3, 0.4) is 0 Å². The molecule has 0 saturated carbocycles. The average molecular weight is 410 g/mol. The van der Waals surface area contributed by atoms with Gasteiger partial charge in [0.25, 0.3) is 15.9 Å². The summed E-state index contributed by atoms with van der Waals surface area (Å²) in [7, 11) is -3.85. The zero-order valence-electron chi connectivity index (χ0n) is 12.3. The first kappa shape index (κ1) is 16.7. The number of amides is 1. The van der Waals surface area contributed by atoms with Crippen LogP contribution in [0.2, 0.25) is 0 Å². The molecule has 6 nitrogen and oxygen atoms in total. The smallest absolute Gasteiger partial charge is 0.269 e. The lowest BCUT2D eigenvalue weighted by molar-refractivity contribution is 0.0856. The summed E-state index contributed by atoms with van der Waals surface area (Å²) in [5.41, 5.74) is 0.498. The van der Waals surface area contributed by atoms with E-state index in [4.69, 9.17) is 4.74 Å². The molecule has 0 unspecified atom stereocenters. The number of benzene rings is 2. The number of nitrogens with zero attached hydrogens (tertiary/aromatic N) is 1. The van der Waals surface area contributed by atoms with Crippen molar-refractivity contribution in [2.24, 2.45) is 0 Å². The number of carbonyl (C=O) groups excluding carboxylic acids is 2. The fourth-order valence-electron chi connectivity index (χ4n) is 2.43. The first-order chi connectivity index (χ1) is 11.4. The van der Waals surface area contributed by atoms with Gasteiger partial charge in [-0.1, -0.05) is 28.1 Å². The SMILES string of the molecule is O=Cc1cc(Br)ccc1OCCN1C(=O)c2ccccc2S1(=O)=O. The van der Waals surface area contributed by atoms with Crippen LogP contribution >= 0.6 is 15.9 Å². The molecule has 1 heterocycles. The van der Waals surface area contributed by atoms with Crippen LogP contribution in [0.15, 0.2) is 51.8 Å². The Labute approximate surface area is 147 Å². The molecule has 8 heteroatoms. The van der Waals surface area contributed by atoms with Gasteiger partial charge in [0.1, 0.15) is 17.3 Å². The van der Waals surface area contributed by atoms with Gasteiger partial charge in [-0.05, 0) is 30.3 Å². The monoisotopic (exact) mass is 409 g/mol. The Morgan fingerprint density at radius 3 is 2.62 bits per heavy atom. The zero-order chi connectivity index (χ0) is 17.3. The summed E-state index contributed by atoms with van der Waals surface area (Å²) >= 11 is 3.25. The summed E-state index contributed by atoms with van der Waals surface area (Å²) in [4.78, 5) is 23.3. The lowest BCUT2D eigenvalue weighted by Gasteiger charge is -2.16. The lowest BCUT2D eigenvalue weighted by Crippen LogP contribution is -2.33. The second-order valence-corrected chi connectivity index (χ2v) is 7.77. The van der Waals surface area contributed by atoms with Crippen LogP contribution in [0.1, 0.15) is 20.7 Å². The van der Waals surface area contributed by atoms with Crippen LogP contribution in [-0.4, -0.2) is 38.1 Å². The predicted octanol–water partition coefficient (Wildman–Crippen LogP) is 2.49. The van der Waals surface area contributed by atoms with Gasteiger partial charge in [0.05, 0.1) is 17.7 Å². The average Bonchev–Trinajstić information content (AvgIpc) is 2.77. The number of aldehydes is 1. The number of halogens is 1. The lowest BCUT2D eigenvalue weighted by atomic mass is 10.2. The zero-order valence-corrected chi connectivity index (χ0v) is 14.7. The van der Waals surface area contributed by atoms with Crippen molar-refractivity contribution in [3.8, 4) is 5.75 Å². The highest BCUT2D eigenvalue weighted by molar-refractivity contribution is 9.10. The van der Waals surface area contributed by atoms with Crippen LogP contribution in [-0.2, 0) is 10.0 Å². The maximum Gasteiger partial charge on any atom is 0.269 e. The molecule has 24 heavy (non-hydrogen) atoms. The van der Waals surface area contributed by atoms with E-state index in [1.54, 1.807) is 30.3 Å². The molecular formula is C16H12BrNO5S. The van der Waals surface area contributed by atoms with E-state index in [-0.39, 0.29) is 23.6 Å². The number of sulfonamides is 1. The molecule has 0 saturated heterocycles.